The number of hydrogen-bond acceptors (Lipinski definition) is 7. The van der Waals surface area contributed by atoms with Gasteiger partial charge in [0.05, 0.1) is 20.4 Å². The minimum Gasteiger partial charge on any atom is -0.349 e. The van der Waals surface area contributed by atoms with Crippen molar-refractivity contribution in [3.63, 3.8) is 0 Å². The minimum atomic E-state index is -0.321. The second-order valence-electron chi connectivity index (χ2n) is 4.68. The molecular formula is C15H23N3O6. The van der Waals surface area contributed by atoms with E-state index in [1.807, 2.05) is 13.8 Å². The fourth-order valence-corrected chi connectivity index (χ4v) is 1.65. The van der Waals surface area contributed by atoms with Gasteiger partial charge in [-0.05, 0) is 29.4 Å². The van der Waals surface area contributed by atoms with Crippen molar-refractivity contribution in [2.75, 3.05) is 14.2 Å². The smallest absolute Gasteiger partial charge is 0.285 e. The largest absolute Gasteiger partial charge is 0.349 e. The highest BCUT2D eigenvalue weighted by molar-refractivity contribution is 5.74. The van der Waals surface area contributed by atoms with Crippen LogP contribution in [-0.4, -0.2) is 41.5 Å². The molecule has 0 unspecified atom stereocenters. The highest BCUT2D eigenvalue weighted by Gasteiger charge is 2.17. The summed E-state index contributed by atoms with van der Waals surface area (Å²) in [6.45, 7) is 3.75. The number of aromatic nitrogens is 1. The van der Waals surface area contributed by atoms with E-state index < -0.39 is 0 Å². The number of carbonyl (C=O) groups excluding carboxylic acids is 2. The van der Waals surface area contributed by atoms with Crippen molar-refractivity contribution in [3.05, 3.63) is 18.3 Å². The fraction of sp³-hybridized carbons (Fsp3) is 0.533. The maximum absolute atomic E-state index is 11.7. The van der Waals surface area contributed by atoms with E-state index in [1.54, 1.807) is 0 Å². The predicted molar refractivity (Wildman–Crippen MR) is 83.0 cm³/mol. The van der Waals surface area contributed by atoms with Crippen molar-refractivity contribution in [2.45, 2.75) is 39.5 Å². The van der Waals surface area contributed by atoms with Gasteiger partial charge in [-0.2, -0.15) is 0 Å². The molecule has 0 radical (unpaired) electrons. The summed E-state index contributed by atoms with van der Waals surface area (Å²) in [6.07, 6.45) is 3.26. The summed E-state index contributed by atoms with van der Waals surface area (Å²) in [5, 5.41) is 1.55. The molecule has 0 spiro atoms. The number of amides is 2. The molecule has 0 saturated heterocycles. The molecule has 0 aliphatic heterocycles. The zero-order valence-corrected chi connectivity index (χ0v) is 14.4. The Balaban J connectivity index is 2.67. The van der Waals surface area contributed by atoms with Crippen LogP contribution >= 0.6 is 0 Å². The van der Waals surface area contributed by atoms with Crippen LogP contribution in [0, 0.1) is 0 Å². The van der Waals surface area contributed by atoms with Crippen molar-refractivity contribution in [3.8, 4) is 11.6 Å². The van der Waals surface area contributed by atoms with Crippen LogP contribution in [0.1, 0.15) is 39.5 Å². The number of hydrogen-bond donors (Lipinski definition) is 0. The number of rotatable bonds is 10. The van der Waals surface area contributed by atoms with Crippen molar-refractivity contribution < 1.29 is 28.9 Å². The standard InChI is InChI=1S/C15H23N3O6/c1-5-7-14(19)17(21-3)23-12-9-10-13(16-11-12)24-18(22-4)15(20)8-6-2/h9-11H,5-8H2,1-4H3. The summed E-state index contributed by atoms with van der Waals surface area (Å²) < 4.78 is 0. The Morgan fingerprint density at radius 2 is 1.50 bits per heavy atom. The SMILES string of the molecule is CCCC(=O)N(OC)Oc1ccc(ON(OC)C(=O)CCC)nc1. The number of hydroxylamine groups is 4. The molecule has 9 nitrogen and oxygen atoms in total. The van der Waals surface area contributed by atoms with E-state index in [9.17, 15) is 9.59 Å². The van der Waals surface area contributed by atoms with E-state index in [1.165, 1.54) is 32.5 Å². The maximum Gasteiger partial charge on any atom is 0.285 e. The van der Waals surface area contributed by atoms with E-state index in [2.05, 4.69) is 4.98 Å². The molecule has 134 valence electrons. The Bertz CT molecular complexity index is 475. The average molecular weight is 341 g/mol. The van der Waals surface area contributed by atoms with Crippen LogP contribution in [0.3, 0.4) is 0 Å². The third kappa shape index (κ3) is 6.01. The number of pyridine rings is 1. The monoisotopic (exact) mass is 341 g/mol. The first-order chi connectivity index (χ1) is 11.5. The maximum atomic E-state index is 11.7. The van der Waals surface area contributed by atoms with E-state index >= 15 is 0 Å². The Morgan fingerprint density at radius 1 is 0.958 bits per heavy atom. The average Bonchev–Trinajstić information content (AvgIpc) is 2.59. The first kappa shape index (κ1) is 19.7. The summed E-state index contributed by atoms with van der Waals surface area (Å²) in [5.74, 6) is -0.219. The van der Waals surface area contributed by atoms with Gasteiger partial charge in [-0.15, -0.1) is 0 Å². The van der Waals surface area contributed by atoms with Gasteiger partial charge in [-0.3, -0.25) is 9.59 Å². The van der Waals surface area contributed by atoms with Crippen molar-refractivity contribution >= 4 is 11.8 Å². The lowest BCUT2D eigenvalue weighted by Crippen LogP contribution is -2.33. The molecule has 0 N–H and O–H groups in total. The van der Waals surface area contributed by atoms with Crippen LogP contribution in [0.4, 0.5) is 0 Å². The lowest BCUT2D eigenvalue weighted by molar-refractivity contribution is -0.284. The number of nitrogens with zero attached hydrogens (tertiary/aromatic N) is 3. The Morgan fingerprint density at radius 3 is 1.92 bits per heavy atom. The summed E-state index contributed by atoms with van der Waals surface area (Å²) in [4.78, 5) is 47.7. The Kier molecular flexibility index (Phi) is 8.52. The second-order valence-corrected chi connectivity index (χ2v) is 4.68. The summed E-state index contributed by atoms with van der Waals surface area (Å²) in [5.41, 5.74) is 0. The first-order valence-electron chi connectivity index (χ1n) is 7.61. The Labute approximate surface area is 140 Å². The van der Waals surface area contributed by atoms with E-state index in [-0.39, 0.29) is 29.9 Å². The Hall–Kier alpha value is -2.39. The molecule has 1 rings (SSSR count). The van der Waals surface area contributed by atoms with Crippen LogP contribution in [-0.2, 0) is 19.3 Å². The molecular weight excluding hydrogens is 318 g/mol. The lowest BCUT2D eigenvalue weighted by Gasteiger charge is -2.19. The van der Waals surface area contributed by atoms with Gasteiger partial charge < -0.3 is 9.68 Å². The van der Waals surface area contributed by atoms with Crippen LogP contribution in [0.2, 0.25) is 0 Å². The third-order valence-corrected chi connectivity index (χ3v) is 2.74. The summed E-state index contributed by atoms with van der Waals surface area (Å²) in [7, 11) is 2.65. The van der Waals surface area contributed by atoms with Crippen LogP contribution in [0.15, 0.2) is 18.3 Å². The molecule has 0 atom stereocenters. The highest BCUT2D eigenvalue weighted by Crippen LogP contribution is 2.17. The normalized spacial score (nSPS) is 10.2. The molecule has 0 fully saturated rings. The predicted octanol–water partition coefficient (Wildman–Crippen LogP) is 2.05. The van der Waals surface area contributed by atoms with Crippen molar-refractivity contribution in [2.24, 2.45) is 0 Å². The fourth-order valence-electron chi connectivity index (χ4n) is 1.65. The highest BCUT2D eigenvalue weighted by atomic mass is 17.0. The molecule has 0 bridgehead atoms. The molecule has 1 heterocycles. The molecule has 2 amide bonds. The van der Waals surface area contributed by atoms with Gasteiger partial charge in [-0.1, -0.05) is 13.8 Å². The molecule has 0 saturated carbocycles. The van der Waals surface area contributed by atoms with Gasteiger partial charge in [0.2, 0.25) is 5.88 Å². The van der Waals surface area contributed by atoms with Gasteiger partial charge in [0.15, 0.2) is 5.75 Å². The van der Waals surface area contributed by atoms with E-state index in [0.717, 1.165) is 10.5 Å². The van der Waals surface area contributed by atoms with Crippen molar-refractivity contribution in [1.82, 2.24) is 15.4 Å². The lowest BCUT2D eigenvalue weighted by atomic mass is 10.3. The zero-order chi connectivity index (χ0) is 17.9. The van der Waals surface area contributed by atoms with Crippen LogP contribution < -0.4 is 9.68 Å². The number of carbonyl (C=O) groups is 2. The van der Waals surface area contributed by atoms with Crippen molar-refractivity contribution in [1.29, 1.82) is 0 Å². The van der Waals surface area contributed by atoms with Crippen LogP contribution in [0.5, 0.6) is 11.6 Å². The topological polar surface area (TPSA) is 90.4 Å². The molecule has 0 aliphatic rings. The third-order valence-electron chi connectivity index (χ3n) is 2.74. The first-order valence-corrected chi connectivity index (χ1v) is 7.61. The molecule has 0 aromatic carbocycles. The van der Waals surface area contributed by atoms with Gasteiger partial charge in [-0.25, -0.2) is 14.7 Å². The molecule has 24 heavy (non-hydrogen) atoms. The molecule has 0 aliphatic carbocycles. The summed E-state index contributed by atoms with van der Waals surface area (Å²) >= 11 is 0. The van der Waals surface area contributed by atoms with Gasteiger partial charge >= 0.3 is 0 Å². The quantitative estimate of drug-likeness (QED) is 0.602. The van der Waals surface area contributed by atoms with E-state index in [0.29, 0.717) is 19.3 Å². The minimum absolute atomic E-state index is 0.137. The molecule has 9 heteroatoms. The van der Waals surface area contributed by atoms with E-state index in [4.69, 9.17) is 19.4 Å². The van der Waals surface area contributed by atoms with Gasteiger partial charge in [0, 0.05) is 18.9 Å². The molecule has 1 aromatic rings. The van der Waals surface area contributed by atoms with Gasteiger partial charge in [0.25, 0.3) is 11.8 Å². The zero-order valence-electron chi connectivity index (χ0n) is 14.4. The molecule has 1 aromatic heterocycles. The van der Waals surface area contributed by atoms with Crippen LogP contribution in [0.25, 0.3) is 0 Å². The summed E-state index contributed by atoms with van der Waals surface area (Å²) in [6, 6.07) is 2.99. The second kappa shape index (κ2) is 10.4. The van der Waals surface area contributed by atoms with Gasteiger partial charge in [0.1, 0.15) is 0 Å².